The topological polar surface area (TPSA) is 77.4 Å². The van der Waals surface area contributed by atoms with Crippen molar-refractivity contribution in [2.75, 3.05) is 0 Å². The zero-order valence-electron chi connectivity index (χ0n) is 20.5. The van der Waals surface area contributed by atoms with Crippen LogP contribution in [0.15, 0.2) is 0 Å². The fourth-order valence-corrected chi connectivity index (χ4v) is 5.19. The molecule has 6 heteroatoms. The molecule has 0 saturated heterocycles. The van der Waals surface area contributed by atoms with Crippen molar-refractivity contribution in [1.82, 2.24) is 0 Å². The smallest absolute Gasteiger partial charge is 0.233 e. The fraction of sp³-hybridized carbons (Fsp3) is 1.00. The van der Waals surface area contributed by atoms with Crippen molar-refractivity contribution < 1.29 is 30.1 Å². The number of hydrogen-bond acceptors (Lipinski definition) is 6. The van der Waals surface area contributed by atoms with Crippen molar-refractivity contribution >= 4 is 0 Å². The van der Waals surface area contributed by atoms with Crippen LogP contribution in [0.25, 0.3) is 0 Å². The van der Waals surface area contributed by atoms with E-state index >= 15 is 0 Å². The Morgan fingerprint density at radius 3 is 0.688 bits per heavy atom. The maximum absolute atomic E-state index is 9.86. The highest BCUT2D eigenvalue weighted by atomic mass is 17.3. The molecule has 0 atom stereocenters. The van der Waals surface area contributed by atoms with Gasteiger partial charge in [-0.25, -0.2) is 20.3 Å². The maximum Gasteiger partial charge on any atom is 0.233 e. The SMILES string of the molecule is OOC1(OOC2(OO)CCCCCCCCCCCC2)CCCCCCCCCCCC1. The van der Waals surface area contributed by atoms with E-state index in [0.717, 1.165) is 51.4 Å². The van der Waals surface area contributed by atoms with Crippen molar-refractivity contribution in [3.63, 3.8) is 0 Å². The van der Waals surface area contributed by atoms with E-state index in [1.54, 1.807) is 0 Å². The third-order valence-electron chi connectivity index (χ3n) is 7.41. The molecular formula is C26H50O6. The van der Waals surface area contributed by atoms with Crippen LogP contribution in [-0.2, 0) is 19.6 Å². The van der Waals surface area contributed by atoms with E-state index in [-0.39, 0.29) is 0 Å². The Labute approximate surface area is 196 Å². The summed E-state index contributed by atoms with van der Waals surface area (Å²) in [6, 6.07) is 0. The summed E-state index contributed by atoms with van der Waals surface area (Å²) >= 11 is 0. The summed E-state index contributed by atoms with van der Waals surface area (Å²) in [6.45, 7) is 0. The van der Waals surface area contributed by atoms with Gasteiger partial charge in [-0.1, -0.05) is 103 Å². The van der Waals surface area contributed by atoms with Crippen LogP contribution < -0.4 is 0 Å². The minimum absolute atomic E-state index is 0.574. The molecule has 0 unspecified atom stereocenters. The zero-order valence-corrected chi connectivity index (χ0v) is 20.5. The lowest BCUT2D eigenvalue weighted by Gasteiger charge is -2.35. The van der Waals surface area contributed by atoms with E-state index in [0.29, 0.717) is 25.7 Å². The lowest BCUT2D eigenvalue weighted by molar-refractivity contribution is -0.575. The first-order valence-electron chi connectivity index (χ1n) is 13.8. The van der Waals surface area contributed by atoms with Gasteiger partial charge in [0, 0.05) is 25.7 Å². The minimum Gasteiger partial charge on any atom is -0.249 e. The normalized spacial score (nSPS) is 25.7. The maximum atomic E-state index is 9.86. The summed E-state index contributed by atoms with van der Waals surface area (Å²) in [7, 11) is 0. The van der Waals surface area contributed by atoms with Gasteiger partial charge >= 0.3 is 0 Å². The van der Waals surface area contributed by atoms with E-state index in [1.165, 1.54) is 77.0 Å². The van der Waals surface area contributed by atoms with E-state index in [2.05, 4.69) is 0 Å². The third-order valence-corrected chi connectivity index (χ3v) is 7.41. The first-order chi connectivity index (χ1) is 15.7. The van der Waals surface area contributed by atoms with Crippen LogP contribution in [0.3, 0.4) is 0 Å². The molecule has 32 heavy (non-hydrogen) atoms. The molecule has 0 spiro atoms. The van der Waals surface area contributed by atoms with Crippen LogP contribution in [0, 0.1) is 0 Å². The average molecular weight is 459 g/mol. The monoisotopic (exact) mass is 458 g/mol. The Bertz CT molecular complexity index is 376. The van der Waals surface area contributed by atoms with Crippen molar-refractivity contribution in [3.05, 3.63) is 0 Å². The quantitative estimate of drug-likeness (QED) is 0.244. The summed E-state index contributed by atoms with van der Waals surface area (Å²) in [5, 5.41) is 19.7. The standard InChI is InChI=1S/C26H50O6/c27-29-25(21-17-13-9-5-1-2-6-10-14-18-22-25)31-32-26(30-28)23-19-15-11-7-3-4-8-12-16-20-24-26/h27-28H,1-24H2. The second-order valence-electron chi connectivity index (χ2n) is 10.2. The first kappa shape index (κ1) is 28.0. The molecule has 2 aliphatic rings. The first-order valence-corrected chi connectivity index (χ1v) is 13.8. The summed E-state index contributed by atoms with van der Waals surface area (Å²) in [5.74, 6) is -2.39. The molecule has 2 fully saturated rings. The molecule has 0 aromatic carbocycles. The molecule has 2 rings (SSSR count). The Morgan fingerprint density at radius 2 is 0.500 bits per heavy atom. The van der Waals surface area contributed by atoms with Gasteiger partial charge in [-0.3, -0.25) is 0 Å². The van der Waals surface area contributed by atoms with E-state index < -0.39 is 11.6 Å². The lowest BCUT2D eigenvalue weighted by atomic mass is 10.00. The second kappa shape index (κ2) is 17.2. The number of rotatable bonds is 5. The Balaban J connectivity index is 1.99. The molecule has 0 aromatic rings. The van der Waals surface area contributed by atoms with Gasteiger partial charge in [0.15, 0.2) is 0 Å². The Hall–Kier alpha value is -0.240. The third kappa shape index (κ3) is 11.3. The molecule has 0 aromatic heterocycles. The van der Waals surface area contributed by atoms with Crippen LogP contribution in [0.1, 0.15) is 154 Å². The Morgan fingerprint density at radius 1 is 0.312 bits per heavy atom. The predicted octanol–water partition coefficient (Wildman–Crippen LogP) is 8.70. The van der Waals surface area contributed by atoms with Crippen molar-refractivity contribution in [1.29, 1.82) is 0 Å². The van der Waals surface area contributed by atoms with Gasteiger partial charge in [-0.05, 0) is 25.7 Å². The van der Waals surface area contributed by atoms with Crippen molar-refractivity contribution in [3.8, 4) is 0 Å². The molecule has 0 amide bonds. The summed E-state index contributed by atoms with van der Waals surface area (Å²) < 4.78 is 0. The molecule has 0 radical (unpaired) electrons. The van der Waals surface area contributed by atoms with Gasteiger partial charge in [0.05, 0.1) is 0 Å². The highest BCUT2D eigenvalue weighted by Crippen LogP contribution is 2.35. The number of hydrogen-bond donors (Lipinski definition) is 2. The van der Waals surface area contributed by atoms with Crippen LogP contribution in [0.4, 0.5) is 0 Å². The van der Waals surface area contributed by atoms with Crippen LogP contribution >= 0.6 is 0 Å². The molecule has 0 heterocycles. The summed E-state index contributed by atoms with van der Waals surface area (Å²) in [6.07, 6.45) is 25.5. The molecule has 2 saturated carbocycles. The zero-order chi connectivity index (χ0) is 22.8. The highest BCUT2D eigenvalue weighted by molar-refractivity contribution is 4.72. The van der Waals surface area contributed by atoms with Crippen LogP contribution in [0.5, 0.6) is 0 Å². The Kier molecular flexibility index (Phi) is 15.1. The van der Waals surface area contributed by atoms with Gasteiger partial charge in [-0.2, -0.15) is 9.78 Å². The second-order valence-corrected chi connectivity index (χ2v) is 10.2. The molecule has 0 bridgehead atoms. The summed E-state index contributed by atoms with van der Waals surface area (Å²) in [5.41, 5.74) is 0. The highest BCUT2D eigenvalue weighted by Gasteiger charge is 2.40. The summed E-state index contributed by atoms with van der Waals surface area (Å²) in [4.78, 5) is 21.7. The fourth-order valence-electron chi connectivity index (χ4n) is 5.19. The predicted molar refractivity (Wildman–Crippen MR) is 126 cm³/mol. The average Bonchev–Trinajstić information content (AvgIpc) is 2.86. The molecule has 2 aliphatic carbocycles. The van der Waals surface area contributed by atoms with Gasteiger partial charge in [0.25, 0.3) is 0 Å². The molecule has 0 aliphatic heterocycles. The molecule has 190 valence electrons. The lowest BCUT2D eigenvalue weighted by Crippen LogP contribution is -2.42. The van der Waals surface area contributed by atoms with Gasteiger partial charge in [-0.15, -0.1) is 0 Å². The van der Waals surface area contributed by atoms with Gasteiger partial charge in [0.2, 0.25) is 11.6 Å². The van der Waals surface area contributed by atoms with E-state index in [1.807, 2.05) is 0 Å². The van der Waals surface area contributed by atoms with Crippen LogP contribution in [0.2, 0.25) is 0 Å². The van der Waals surface area contributed by atoms with Gasteiger partial charge in [0.1, 0.15) is 0 Å². The minimum atomic E-state index is -1.19. The van der Waals surface area contributed by atoms with E-state index in [4.69, 9.17) is 19.6 Å². The van der Waals surface area contributed by atoms with Crippen molar-refractivity contribution in [2.45, 2.75) is 166 Å². The van der Waals surface area contributed by atoms with Crippen LogP contribution in [-0.4, -0.2) is 22.1 Å². The van der Waals surface area contributed by atoms with E-state index in [9.17, 15) is 10.5 Å². The van der Waals surface area contributed by atoms with Gasteiger partial charge < -0.3 is 0 Å². The largest absolute Gasteiger partial charge is 0.249 e. The molecule has 6 nitrogen and oxygen atoms in total. The molecule has 2 N–H and O–H groups in total. The van der Waals surface area contributed by atoms with Crippen molar-refractivity contribution in [2.24, 2.45) is 0 Å². The molecular weight excluding hydrogens is 408 g/mol.